The molecule has 0 aliphatic rings. The molecule has 128 valence electrons. The highest BCUT2D eigenvalue weighted by Gasteiger charge is 2.17. The van der Waals surface area contributed by atoms with Crippen LogP contribution in [0.3, 0.4) is 0 Å². The number of rotatable bonds is 8. The third-order valence-corrected chi connectivity index (χ3v) is 4.68. The summed E-state index contributed by atoms with van der Waals surface area (Å²) in [6.07, 6.45) is 0.164. The van der Waals surface area contributed by atoms with E-state index in [9.17, 15) is 4.79 Å². The van der Waals surface area contributed by atoms with Gasteiger partial charge in [0.25, 0.3) is 5.91 Å². The molecule has 5 heteroatoms. The average molecular weight is 364 g/mol. The third-order valence-electron chi connectivity index (χ3n) is 3.41. The average Bonchev–Trinajstić information content (AvgIpc) is 2.58. The van der Waals surface area contributed by atoms with E-state index in [2.05, 4.69) is 5.32 Å². The lowest BCUT2D eigenvalue weighted by Gasteiger charge is -2.17. The van der Waals surface area contributed by atoms with E-state index in [1.807, 2.05) is 62.4 Å². The standard InChI is InChI=1S/C19H22ClNO2S/c1-3-18(23-16-6-4-5-14(2)13-16)19(22)21-11-12-24-17-9-7-15(20)8-10-17/h4-10,13,18H,3,11-12H2,1-2H3,(H,21,22)/t18-/m0/s1. The van der Waals surface area contributed by atoms with Crippen molar-refractivity contribution in [3.8, 4) is 5.75 Å². The van der Waals surface area contributed by atoms with Crippen LogP contribution < -0.4 is 10.1 Å². The first-order valence-electron chi connectivity index (χ1n) is 7.98. The molecule has 1 atom stereocenters. The topological polar surface area (TPSA) is 38.3 Å². The summed E-state index contributed by atoms with van der Waals surface area (Å²) < 4.78 is 5.80. The summed E-state index contributed by atoms with van der Waals surface area (Å²) >= 11 is 7.54. The molecule has 1 N–H and O–H groups in total. The van der Waals surface area contributed by atoms with E-state index in [-0.39, 0.29) is 5.91 Å². The minimum Gasteiger partial charge on any atom is -0.481 e. The lowest BCUT2D eigenvalue weighted by molar-refractivity contribution is -0.127. The van der Waals surface area contributed by atoms with Gasteiger partial charge in [0.2, 0.25) is 0 Å². The Hall–Kier alpha value is -1.65. The lowest BCUT2D eigenvalue weighted by atomic mass is 10.2. The molecule has 0 radical (unpaired) electrons. The highest BCUT2D eigenvalue weighted by Crippen LogP contribution is 2.20. The first-order valence-corrected chi connectivity index (χ1v) is 9.34. The molecule has 3 nitrogen and oxygen atoms in total. The Morgan fingerprint density at radius 3 is 2.67 bits per heavy atom. The van der Waals surface area contributed by atoms with Crippen LogP contribution in [0.15, 0.2) is 53.4 Å². The van der Waals surface area contributed by atoms with Crippen LogP contribution in [0.1, 0.15) is 18.9 Å². The quantitative estimate of drug-likeness (QED) is 0.545. The van der Waals surface area contributed by atoms with Gasteiger partial charge in [0.05, 0.1) is 0 Å². The number of ether oxygens (including phenoxy) is 1. The number of thioether (sulfide) groups is 1. The maximum Gasteiger partial charge on any atom is 0.261 e. The molecule has 0 saturated heterocycles. The van der Waals surface area contributed by atoms with Gasteiger partial charge in [-0.1, -0.05) is 30.7 Å². The number of carbonyl (C=O) groups is 1. The monoisotopic (exact) mass is 363 g/mol. The second-order valence-electron chi connectivity index (χ2n) is 5.42. The van der Waals surface area contributed by atoms with Gasteiger partial charge in [0.15, 0.2) is 6.10 Å². The van der Waals surface area contributed by atoms with Gasteiger partial charge >= 0.3 is 0 Å². The van der Waals surface area contributed by atoms with Crippen molar-refractivity contribution in [2.45, 2.75) is 31.3 Å². The molecule has 0 spiro atoms. The molecule has 0 aliphatic carbocycles. The lowest BCUT2D eigenvalue weighted by Crippen LogP contribution is -2.39. The zero-order valence-electron chi connectivity index (χ0n) is 13.9. The summed E-state index contributed by atoms with van der Waals surface area (Å²) in [5, 5.41) is 3.67. The maximum absolute atomic E-state index is 12.3. The third kappa shape index (κ3) is 6.10. The molecule has 0 aromatic heterocycles. The van der Waals surface area contributed by atoms with Gasteiger partial charge in [-0.05, 0) is 55.3 Å². The normalized spacial score (nSPS) is 11.8. The van der Waals surface area contributed by atoms with Crippen molar-refractivity contribution < 1.29 is 9.53 Å². The highest BCUT2D eigenvalue weighted by molar-refractivity contribution is 7.99. The fraction of sp³-hybridized carbons (Fsp3) is 0.316. The van der Waals surface area contributed by atoms with Gasteiger partial charge in [-0.2, -0.15) is 0 Å². The van der Waals surface area contributed by atoms with Crippen molar-refractivity contribution in [2.75, 3.05) is 12.3 Å². The zero-order valence-corrected chi connectivity index (χ0v) is 15.5. The molecule has 0 aliphatic heterocycles. The van der Waals surface area contributed by atoms with Gasteiger partial charge in [-0.15, -0.1) is 11.8 Å². The van der Waals surface area contributed by atoms with E-state index >= 15 is 0 Å². The molecule has 1 amide bonds. The molecule has 0 unspecified atom stereocenters. The van der Waals surface area contributed by atoms with E-state index in [4.69, 9.17) is 16.3 Å². The number of benzene rings is 2. The van der Waals surface area contributed by atoms with Crippen molar-refractivity contribution >= 4 is 29.3 Å². The van der Waals surface area contributed by atoms with Crippen LogP contribution in [0, 0.1) is 6.92 Å². The molecule has 24 heavy (non-hydrogen) atoms. The number of nitrogens with one attached hydrogen (secondary N) is 1. The fourth-order valence-corrected chi connectivity index (χ4v) is 3.06. The number of aryl methyl sites for hydroxylation is 1. The maximum atomic E-state index is 12.3. The molecule has 2 aromatic rings. The SMILES string of the molecule is CC[C@H](Oc1cccc(C)c1)C(=O)NCCSc1ccc(Cl)cc1. The van der Waals surface area contributed by atoms with Gasteiger partial charge in [-0.25, -0.2) is 0 Å². The number of hydrogen-bond acceptors (Lipinski definition) is 3. The molecule has 0 saturated carbocycles. The van der Waals surface area contributed by atoms with Crippen molar-refractivity contribution in [1.29, 1.82) is 0 Å². The van der Waals surface area contributed by atoms with Gasteiger partial charge in [0, 0.05) is 22.2 Å². The summed E-state index contributed by atoms with van der Waals surface area (Å²) in [4.78, 5) is 13.4. The van der Waals surface area contributed by atoms with Gasteiger partial charge in [0.1, 0.15) is 5.75 Å². The van der Waals surface area contributed by atoms with Crippen LogP contribution in [0.5, 0.6) is 5.75 Å². The van der Waals surface area contributed by atoms with Crippen molar-refractivity contribution in [1.82, 2.24) is 5.32 Å². The highest BCUT2D eigenvalue weighted by atomic mass is 35.5. The molecule has 0 bridgehead atoms. The Labute approximate surface area is 152 Å². The van der Waals surface area contributed by atoms with E-state index in [0.29, 0.717) is 13.0 Å². The van der Waals surface area contributed by atoms with E-state index < -0.39 is 6.10 Å². The summed E-state index contributed by atoms with van der Waals surface area (Å²) in [6, 6.07) is 15.4. The molecule has 2 aromatic carbocycles. The fourth-order valence-electron chi connectivity index (χ4n) is 2.16. The second kappa shape index (κ2) is 9.60. The van der Waals surface area contributed by atoms with Crippen molar-refractivity contribution in [3.63, 3.8) is 0 Å². The van der Waals surface area contributed by atoms with Crippen LogP contribution in [0.4, 0.5) is 0 Å². The van der Waals surface area contributed by atoms with Gasteiger partial charge < -0.3 is 10.1 Å². The summed E-state index contributed by atoms with van der Waals surface area (Å²) in [6.45, 7) is 4.55. The van der Waals surface area contributed by atoms with E-state index in [0.717, 1.165) is 27.0 Å². The predicted octanol–water partition coefficient (Wildman–Crippen LogP) is 4.71. The van der Waals surface area contributed by atoms with Crippen LogP contribution in [-0.4, -0.2) is 24.3 Å². The van der Waals surface area contributed by atoms with Crippen LogP contribution in [0.25, 0.3) is 0 Å². The van der Waals surface area contributed by atoms with Gasteiger partial charge in [-0.3, -0.25) is 4.79 Å². The summed E-state index contributed by atoms with van der Waals surface area (Å²) in [5.74, 6) is 1.46. The number of amides is 1. The summed E-state index contributed by atoms with van der Waals surface area (Å²) in [7, 11) is 0. The molecule has 2 rings (SSSR count). The Morgan fingerprint density at radius 1 is 1.25 bits per heavy atom. The Morgan fingerprint density at radius 2 is 2.00 bits per heavy atom. The Balaban J connectivity index is 1.76. The number of carbonyl (C=O) groups excluding carboxylic acids is 1. The minimum absolute atomic E-state index is 0.0734. The van der Waals surface area contributed by atoms with E-state index in [1.54, 1.807) is 11.8 Å². The Kier molecular flexibility index (Phi) is 7.47. The first-order chi connectivity index (χ1) is 11.6. The first kappa shape index (κ1) is 18.7. The van der Waals surface area contributed by atoms with Crippen LogP contribution in [0.2, 0.25) is 5.02 Å². The summed E-state index contributed by atoms with van der Waals surface area (Å²) in [5.41, 5.74) is 1.11. The van der Waals surface area contributed by atoms with Crippen molar-refractivity contribution in [2.24, 2.45) is 0 Å². The molecule has 0 heterocycles. The van der Waals surface area contributed by atoms with Crippen molar-refractivity contribution in [3.05, 3.63) is 59.1 Å². The number of hydrogen-bond donors (Lipinski definition) is 1. The largest absolute Gasteiger partial charge is 0.481 e. The Bertz CT molecular complexity index is 661. The zero-order chi connectivity index (χ0) is 17.4. The predicted molar refractivity (Wildman–Crippen MR) is 101 cm³/mol. The van der Waals surface area contributed by atoms with Crippen LogP contribution >= 0.6 is 23.4 Å². The smallest absolute Gasteiger partial charge is 0.261 e. The molecule has 0 fully saturated rings. The molecular weight excluding hydrogens is 342 g/mol. The molecular formula is C19H22ClNO2S. The van der Waals surface area contributed by atoms with E-state index in [1.165, 1.54) is 0 Å². The minimum atomic E-state index is -0.465. The number of halogens is 1. The second-order valence-corrected chi connectivity index (χ2v) is 7.03. The van der Waals surface area contributed by atoms with Crippen LogP contribution in [-0.2, 0) is 4.79 Å².